The van der Waals surface area contributed by atoms with E-state index in [-0.39, 0.29) is 5.91 Å². The molecule has 0 saturated carbocycles. The molecule has 0 atom stereocenters. The predicted molar refractivity (Wildman–Crippen MR) is 128 cm³/mol. The average Bonchev–Trinajstić information content (AvgIpc) is 3.43. The number of amides is 1. The maximum Gasteiger partial charge on any atom is 0.233 e. The maximum absolute atomic E-state index is 12.8. The van der Waals surface area contributed by atoms with Gasteiger partial charge >= 0.3 is 0 Å². The lowest BCUT2D eigenvalue weighted by Crippen LogP contribution is -2.27. The molecule has 6 nitrogen and oxygen atoms in total. The third-order valence-electron chi connectivity index (χ3n) is 5.28. The molecule has 0 aliphatic carbocycles. The average molecular weight is 446 g/mol. The van der Waals surface area contributed by atoms with Crippen molar-refractivity contribution >= 4 is 17.7 Å². The monoisotopic (exact) mass is 445 g/mol. The number of rotatable bonds is 8. The predicted octanol–water partition coefficient (Wildman–Crippen LogP) is 4.48. The van der Waals surface area contributed by atoms with Crippen LogP contribution in [0.5, 0.6) is 0 Å². The Hall–Kier alpha value is -3.32. The number of hydrogen-bond donors (Lipinski definition) is 0. The Morgan fingerprint density at radius 3 is 2.72 bits per heavy atom. The molecule has 4 aromatic rings. The van der Waals surface area contributed by atoms with Crippen molar-refractivity contribution in [1.82, 2.24) is 24.2 Å². The van der Waals surface area contributed by atoms with Gasteiger partial charge in [0.1, 0.15) is 0 Å². The lowest BCUT2D eigenvalue weighted by Gasteiger charge is -2.16. The Morgan fingerprint density at radius 1 is 1.09 bits per heavy atom. The van der Waals surface area contributed by atoms with Crippen LogP contribution >= 0.6 is 11.8 Å². The van der Waals surface area contributed by atoms with Crippen LogP contribution in [0.1, 0.15) is 22.3 Å². The summed E-state index contributed by atoms with van der Waals surface area (Å²) >= 11 is 1.46. The van der Waals surface area contributed by atoms with Gasteiger partial charge in [-0.1, -0.05) is 54.2 Å². The van der Waals surface area contributed by atoms with Crippen LogP contribution < -0.4 is 0 Å². The van der Waals surface area contributed by atoms with Gasteiger partial charge in [-0.05, 0) is 36.6 Å². The Labute approximate surface area is 192 Å². The van der Waals surface area contributed by atoms with Crippen molar-refractivity contribution in [2.45, 2.75) is 32.1 Å². The summed E-state index contributed by atoms with van der Waals surface area (Å²) in [6, 6.07) is 16.6. The van der Waals surface area contributed by atoms with Crippen molar-refractivity contribution in [3.05, 3.63) is 95.6 Å². The van der Waals surface area contributed by atoms with Gasteiger partial charge in [0.15, 0.2) is 5.16 Å². The molecule has 0 fully saturated rings. The van der Waals surface area contributed by atoms with Gasteiger partial charge in [-0.3, -0.25) is 14.0 Å². The van der Waals surface area contributed by atoms with Crippen molar-refractivity contribution in [2.24, 2.45) is 0 Å². The molecular weight excluding hydrogens is 418 g/mol. The second kappa shape index (κ2) is 9.87. The highest BCUT2D eigenvalue weighted by molar-refractivity contribution is 7.99. The number of imidazole rings is 1. The first-order valence-corrected chi connectivity index (χ1v) is 11.5. The minimum Gasteiger partial charge on any atom is -0.341 e. The summed E-state index contributed by atoms with van der Waals surface area (Å²) in [6.07, 6.45) is 7.54. The van der Waals surface area contributed by atoms with E-state index in [2.05, 4.69) is 54.3 Å². The molecule has 0 N–H and O–H groups in total. The van der Waals surface area contributed by atoms with E-state index in [1.54, 1.807) is 11.1 Å². The van der Waals surface area contributed by atoms with Gasteiger partial charge < -0.3 is 4.90 Å². The van der Waals surface area contributed by atoms with Crippen molar-refractivity contribution in [2.75, 3.05) is 12.8 Å². The Kier molecular flexibility index (Phi) is 6.75. The fourth-order valence-electron chi connectivity index (χ4n) is 3.50. The molecular formula is C25H27N5OS. The summed E-state index contributed by atoms with van der Waals surface area (Å²) in [4.78, 5) is 19.0. The Bertz CT molecular complexity index is 1200. The zero-order valence-corrected chi connectivity index (χ0v) is 19.4. The number of benzene rings is 2. The number of nitrogens with zero attached hydrogens (tertiary/aromatic N) is 5. The number of carbonyl (C=O) groups excluding carboxylic acids is 1. The third-order valence-corrected chi connectivity index (χ3v) is 6.23. The van der Waals surface area contributed by atoms with Crippen LogP contribution in [-0.2, 0) is 17.9 Å². The maximum atomic E-state index is 12.8. The Balaban J connectivity index is 1.34. The molecule has 1 amide bonds. The van der Waals surface area contributed by atoms with Crippen molar-refractivity contribution in [3.8, 4) is 5.69 Å². The van der Waals surface area contributed by atoms with Crippen LogP contribution in [0, 0.1) is 13.8 Å². The first kappa shape index (κ1) is 21.9. The normalized spacial score (nSPS) is 11.0. The summed E-state index contributed by atoms with van der Waals surface area (Å²) in [5.74, 6) is 0.387. The number of hydrogen-bond acceptors (Lipinski definition) is 4. The Morgan fingerprint density at radius 2 is 1.91 bits per heavy atom. The standard InChI is InChI=1S/C25H27N5OS/c1-19-9-10-20(2)23(13-19)30-12-11-26-25(30)32-18-24(31)28(3)15-22-14-27-29(17-22)16-21-7-5-4-6-8-21/h4-14,17H,15-16,18H2,1-3H3. The van der Waals surface area contributed by atoms with Gasteiger partial charge in [0.25, 0.3) is 0 Å². The van der Waals surface area contributed by atoms with Gasteiger partial charge in [-0.2, -0.15) is 5.10 Å². The van der Waals surface area contributed by atoms with Gasteiger partial charge in [-0.15, -0.1) is 0 Å². The molecule has 32 heavy (non-hydrogen) atoms. The molecule has 2 aromatic heterocycles. The fraction of sp³-hybridized carbons (Fsp3) is 0.240. The van der Waals surface area contributed by atoms with E-state index in [1.807, 2.05) is 53.1 Å². The minimum atomic E-state index is 0.0568. The second-order valence-electron chi connectivity index (χ2n) is 7.94. The van der Waals surface area contributed by atoms with E-state index in [0.717, 1.165) is 23.0 Å². The van der Waals surface area contributed by atoms with E-state index in [1.165, 1.54) is 28.5 Å². The lowest BCUT2D eigenvalue weighted by atomic mass is 10.1. The molecule has 4 rings (SSSR count). The van der Waals surface area contributed by atoms with E-state index < -0.39 is 0 Å². The minimum absolute atomic E-state index is 0.0568. The molecule has 0 saturated heterocycles. The van der Waals surface area contributed by atoms with Gasteiger partial charge in [0, 0.05) is 37.7 Å². The molecule has 0 aliphatic rings. The van der Waals surface area contributed by atoms with Crippen LogP contribution in [0.4, 0.5) is 0 Å². The molecule has 164 valence electrons. The molecule has 0 unspecified atom stereocenters. The van der Waals surface area contributed by atoms with Crippen molar-refractivity contribution in [1.29, 1.82) is 0 Å². The largest absolute Gasteiger partial charge is 0.341 e. The summed E-state index contributed by atoms with van der Waals surface area (Å²) in [5, 5.41) is 5.25. The molecule has 7 heteroatoms. The quantitative estimate of drug-likeness (QED) is 0.375. The van der Waals surface area contributed by atoms with Crippen LogP contribution in [0.2, 0.25) is 0 Å². The third kappa shape index (κ3) is 5.29. The zero-order chi connectivity index (χ0) is 22.5. The van der Waals surface area contributed by atoms with Crippen molar-refractivity contribution < 1.29 is 4.79 Å². The molecule has 2 heterocycles. The highest BCUT2D eigenvalue weighted by Gasteiger charge is 2.14. The topological polar surface area (TPSA) is 56.0 Å². The first-order valence-electron chi connectivity index (χ1n) is 10.5. The molecule has 0 aliphatic heterocycles. The molecule has 0 radical (unpaired) electrons. The van der Waals surface area contributed by atoms with Gasteiger partial charge in [-0.25, -0.2) is 4.98 Å². The number of aryl methyl sites for hydroxylation is 2. The molecule has 0 bridgehead atoms. The first-order chi connectivity index (χ1) is 15.5. The van der Waals surface area contributed by atoms with Crippen LogP contribution in [-0.4, -0.2) is 42.9 Å². The number of thioether (sulfide) groups is 1. The van der Waals surface area contributed by atoms with E-state index in [9.17, 15) is 4.79 Å². The second-order valence-corrected chi connectivity index (χ2v) is 8.88. The molecule has 2 aromatic carbocycles. The summed E-state index contributed by atoms with van der Waals surface area (Å²) < 4.78 is 3.95. The summed E-state index contributed by atoms with van der Waals surface area (Å²) in [6.45, 7) is 5.41. The van der Waals surface area contributed by atoms with Gasteiger partial charge in [0.2, 0.25) is 5.91 Å². The lowest BCUT2D eigenvalue weighted by molar-refractivity contribution is -0.127. The number of carbonyl (C=O) groups is 1. The van der Waals surface area contributed by atoms with Crippen LogP contribution in [0.25, 0.3) is 5.69 Å². The summed E-state index contributed by atoms with van der Waals surface area (Å²) in [7, 11) is 1.83. The zero-order valence-electron chi connectivity index (χ0n) is 18.6. The highest BCUT2D eigenvalue weighted by Crippen LogP contribution is 2.24. The SMILES string of the molecule is Cc1ccc(C)c(-n2ccnc2SCC(=O)N(C)Cc2cnn(Cc3ccccc3)c2)c1. The van der Waals surface area contributed by atoms with E-state index in [0.29, 0.717) is 12.3 Å². The fourth-order valence-corrected chi connectivity index (χ4v) is 4.41. The number of aromatic nitrogens is 4. The van der Waals surface area contributed by atoms with Crippen molar-refractivity contribution in [3.63, 3.8) is 0 Å². The van der Waals surface area contributed by atoms with Crippen LogP contribution in [0.15, 0.2) is 78.5 Å². The van der Waals surface area contributed by atoms with Gasteiger partial charge in [0.05, 0.1) is 24.2 Å². The van der Waals surface area contributed by atoms with Crippen LogP contribution in [0.3, 0.4) is 0 Å². The summed E-state index contributed by atoms with van der Waals surface area (Å²) in [5.41, 5.74) is 5.67. The highest BCUT2D eigenvalue weighted by atomic mass is 32.2. The molecule has 0 spiro atoms. The van der Waals surface area contributed by atoms with E-state index in [4.69, 9.17) is 0 Å². The van der Waals surface area contributed by atoms with E-state index >= 15 is 0 Å². The smallest absolute Gasteiger partial charge is 0.233 e.